The predicted molar refractivity (Wildman–Crippen MR) is 59.0 cm³/mol. The molecule has 2 aromatic rings. The summed E-state index contributed by atoms with van der Waals surface area (Å²) >= 11 is 0. The van der Waals surface area contributed by atoms with E-state index in [1.54, 1.807) is 0 Å². The average molecular weight is 184 g/mol. The number of rotatable bonds is 2. The van der Waals surface area contributed by atoms with Gasteiger partial charge in [0.05, 0.1) is 6.42 Å². The number of hydrogen-bond donors (Lipinski definition) is 0. The molecule has 0 fully saturated rings. The highest BCUT2D eigenvalue weighted by Gasteiger charge is 2.08. The zero-order valence-electron chi connectivity index (χ0n) is 8.40. The van der Waals surface area contributed by atoms with Gasteiger partial charge in [-0.2, -0.15) is 4.57 Å². The van der Waals surface area contributed by atoms with Crippen molar-refractivity contribution in [3.05, 3.63) is 54.7 Å². The Morgan fingerprint density at radius 1 is 1.21 bits per heavy atom. The van der Waals surface area contributed by atoms with Gasteiger partial charge in [0.1, 0.15) is 7.05 Å². The van der Waals surface area contributed by atoms with Crippen LogP contribution < -0.4 is 4.57 Å². The Balaban J connectivity index is 2.68. The second-order valence-electron chi connectivity index (χ2n) is 3.44. The van der Waals surface area contributed by atoms with Gasteiger partial charge >= 0.3 is 0 Å². The zero-order valence-corrected chi connectivity index (χ0v) is 8.40. The van der Waals surface area contributed by atoms with Gasteiger partial charge in [0.2, 0.25) is 5.52 Å². The van der Waals surface area contributed by atoms with Gasteiger partial charge in [-0.3, -0.25) is 0 Å². The first-order chi connectivity index (χ1) is 6.83. The highest BCUT2D eigenvalue weighted by molar-refractivity contribution is 5.75. The third-order valence-corrected chi connectivity index (χ3v) is 2.54. The van der Waals surface area contributed by atoms with Crippen molar-refractivity contribution in [2.45, 2.75) is 6.42 Å². The molecule has 0 bridgehead atoms. The first kappa shape index (κ1) is 8.95. The van der Waals surface area contributed by atoms with E-state index in [-0.39, 0.29) is 0 Å². The normalized spacial score (nSPS) is 10.4. The van der Waals surface area contributed by atoms with Gasteiger partial charge in [-0.1, -0.05) is 18.2 Å². The standard InChI is InChI=1S/C13H14N/c1-3-6-12-10-9-11-7-4-5-8-13(11)14(12)2/h3-5,7-10H,1,6H2,2H3/q+1. The molecule has 2 rings (SSSR count). The van der Waals surface area contributed by atoms with E-state index in [9.17, 15) is 0 Å². The molecule has 0 atom stereocenters. The lowest BCUT2D eigenvalue weighted by molar-refractivity contribution is -0.652. The first-order valence-electron chi connectivity index (χ1n) is 4.80. The largest absolute Gasteiger partial charge is 0.212 e. The van der Waals surface area contributed by atoms with Crippen LogP contribution in [0.5, 0.6) is 0 Å². The molecule has 0 amide bonds. The van der Waals surface area contributed by atoms with Crippen LogP contribution in [-0.4, -0.2) is 0 Å². The second kappa shape index (κ2) is 3.62. The number of allylic oxidation sites excluding steroid dienone is 1. The lowest BCUT2D eigenvalue weighted by Gasteiger charge is -2.00. The molecule has 1 heterocycles. The Morgan fingerprint density at radius 2 is 2.00 bits per heavy atom. The molecule has 70 valence electrons. The van der Waals surface area contributed by atoms with Gasteiger partial charge in [-0.15, -0.1) is 6.58 Å². The lowest BCUT2D eigenvalue weighted by atomic mass is 10.1. The maximum atomic E-state index is 3.76. The van der Waals surface area contributed by atoms with Crippen LogP contribution in [0.15, 0.2) is 49.1 Å². The van der Waals surface area contributed by atoms with Crippen molar-refractivity contribution in [2.24, 2.45) is 7.05 Å². The van der Waals surface area contributed by atoms with Crippen LogP contribution in [0.1, 0.15) is 5.69 Å². The molecule has 0 aliphatic rings. The number of pyridine rings is 1. The van der Waals surface area contributed by atoms with Gasteiger partial charge in [0.25, 0.3) is 0 Å². The van der Waals surface area contributed by atoms with Crippen molar-refractivity contribution in [2.75, 3.05) is 0 Å². The Bertz CT molecular complexity index is 472. The summed E-state index contributed by atoms with van der Waals surface area (Å²) in [6.45, 7) is 3.76. The van der Waals surface area contributed by atoms with E-state index in [4.69, 9.17) is 0 Å². The van der Waals surface area contributed by atoms with E-state index in [1.165, 1.54) is 16.6 Å². The van der Waals surface area contributed by atoms with Crippen LogP contribution in [0.25, 0.3) is 10.9 Å². The number of aromatic nitrogens is 1. The minimum absolute atomic E-state index is 0.918. The number of para-hydroxylation sites is 1. The van der Waals surface area contributed by atoms with Gasteiger partial charge in [0, 0.05) is 17.5 Å². The molecule has 0 saturated carbocycles. The van der Waals surface area contributed by atoms with E-state index >= 15 is 0 Å². The van der Waals surface area contributed by atoms with Gasteiger partial charge in [-0.25, -0.2) is 0 Å². The summed E-state index contributed by atoms with van der Waals surface area (Å²) in [5.74, 6) is 0. The highest BCUT2D eigenvalue weighted by atomic mass is 14.9. The molecule has 0 radical (unpaired) electrons. The summed E-state index contributed by atoms with van der Waals surface area (Å²) < 4.78 is 2.22. The molecule has 1 aromatic heterocycles. The van der Waals surface area contributed by atoms with Crippen molar-refractivity contribution in [1.29, 1.82) is 0 Å². The summed E-state index contributed by atoms with van der Waals surface area (Å²) in [7, 11) is 2.10. The zero-order chi connectivity index (χ0) is 9.97. The van der Waals surface area contributed by atoms with E-state index in [2.05, 4.69) is 54.6 Å². The summed E-state index contributed by atoms with van der Waals surface area (Å²) in [4.78, 5) is 0. The molecular weight excluding hydrogens is 170 g/mol. The fraction of sp³-hybridized carbons (Fsp3) is 0.154. The number of aryl methyl sites for hydroxylation is 1. The molecule has 1 nitrogen and oxygen atoms in total. The first-order valence-corrected chi connectivity index (χ1v) is 4.80. The molecule has 0 unspecified atom stereocenters. The van der Waals surface area contributed by atoms with E-state index in [0.717, 1.165) is 6.42 Å². The lowest BCUT2D eigenvalue weighted by Crippen LogP contribution is -2.34. The highest BCUT2D eigenvalue weighted by Crippen LogP contribution is 2.09. The van der Waals surface area contributed by atoms with E-state index in [1.807, 2.05) is 6.08 Å². The molecular formula is C13H14N+. The second-order valence-corrected chi connectivity index (χ2v) is 3.44. The third kappa shape index (κ3) is 1.41. The molecule has 0 saturated heterocycles. The van der Waals surface area contributed by atoms with Crippen LogP contribution in [0, 0.1) is 0 Å². The summed E-state index contributed by atoms with van der Waals surface area (Å²) in [5, 5.41) is 1.28. The molecule has 0 spiro atoms. The molecule has 0 N–H and O–H groups in total. The minimum atomic E-state index is 0.918. The predicted octanol–water partition coefficient (Wildman–Crippen LogP) is 2.39. The van der Waals surface area contributed by atoms with Gasteiger partial charge in [-0.05, 0) is 12.1 Å². The third-order valence-electron chi connectivity index (χ3n) is 2.54. The van der Waals surface area contributed by atoms with E-state index < -0.39 is 0 Å². The summed E-state index contributed by atoms with van der Waals surface area (Å²) in [6.07, 6.45) is 2.85. The van der Waals surface area contributed by atoms with Gasteiger partial charge in [0.15, 0.2) is 5.69 Å². The molecule has 1 aromatic carbocycles. The van der Waals surface area contributed by atoms with Crippen LogP contribution in [0.3, 0.4) is 0 Å². The molecule has 0 aliphatic heterocycles. The van der Waals surface area contributed by atoms with Crippen molar-refractivity contribution >= 4 is 10.9 Å². The minimum Gasteiger partial charge on any atom is -0.198 e. The Morgan fingerprint density at radius 3 is 2.79 bits per heavy atom. The fourth-order valence-electron chi connectivity index (χ4n) is 1.74. The van der Waals surface area contributed by atoms with Crippen molar-refractivity contribution < 1.29 is 4.57 Å². The quantitative estimate of drug-likeness (QED) is 0.498. The van der Waals surface area contributed by atoms with Gasteiger partial charge < -0.3 is 0 Å². The summed E-state index contributed by atoms with van der Waals surface area (Å²) in [5.41, 5.74) is 2.56. The summed E-state index contributed by atoms with van der Waals surface area (Å²) in [6, 6.07) is 12.7. The molecule has 14 heavy (non-hydrogen) atoms. The van der Waals surface area contributed by atoms with Crippen LogP contribution >= 0.6 is 0 Å². The SMILES string of the molecule is C=CCc1ccc2ccccc2[n+]1C. The molecule has 1 heteroatoms. The topological polar surface area (TPSA) is 3.88 Å². The number of fused-ring (bicyclic) bond motifs is 1. The number of hydrogen-bond acceptors (Lipinski definition) is 0. The fourth-order valence-corrected chi connectivity index (χ4v) is 1.74. The maximum absolute atomic E-state index is 3.76. The average Bonchev–Trinajstić information content (AvgIpc) is 2.23. The van der Waals surface area contributed by atoms with Crippen LogP contribution in [0.2, 0.25) is 0 Å². The number of benzene rings is 1. The van der Waals surface area contributed by atoms with E-state index in [0.29, 0.717) is 0 Å². The van der Waals surface area contributed by atoms with Crippen molar-refractivity contribution in [3.8, 4) is 0 Å². The smallest absolute Gasteiger partial charge is 0.198 e. The molecule has 0 aliphatic carbocycles. The van der Waals surface area contributed by atoms with Crippen LogP contribution in [0.4, 0.5) is 0 Å². The number of nitrogens with zero attached hydrogens (tertiary/aromatic N) is 1. The van der Waals surface area contributed by atoms with Crippen molar-refractivity contribution in [3.63, 3.8) is 0 Å². The van der Waals surface area contributed by atoms with Crippen LogP contribution in [-0.2, 0) is 13.5 Å². The monoisotopic (exact) mass is 184 g/mol. The Hall–Kier alpha value is -1.63. The Labute approximate surface area is 84.3 Å². The Kier molecular flexibility index (Phi) is 2.32. The van der Waals surface area contributed by atoms with Crippen molar-refractivity contribution in [1.82, 2.24) is 0 Å². The maximum Gasteiger partial charge on any atom is 0.212 e.